The molecular formula is C18H26O5. The number of hydrogen-bond acceptors (Lipinski definition) is 5. The monoisotopic (exact) mass is 322 g/mol. The molecule has 23 heavy (non-hydrogen) atoms. The fraction of sp³-hybridized carbons (Fsp3) is 0.556. The van der Waals surface area contributed by atoms with Crippen LogP contribution in [0.2, 0.25) is 0 Å². The van der Waals surface area contributed by atoms with Crippen molar-refractivity contribution in [2.75, 3.05) is 13.2 Å². The van der Waals surface area contributed by atoms with E-state index < -0.39 is 18.2 Å². The van der Waals surface area contributed by atoms with Crippen LogP contribution in [0.15, 0.2) is 24.3 Å². The molecule has 0 N–H and O–H groups in total. The largest absolute Gasteiger partial charge is 0.508 e. The van der Waals surface area contributed by atoms with Gasteiger partial charge in [0.05, 0.1) is 12.2 Å². The van der Waals surface area contributed by atoms with Gasteiger partial charge in [-0.25, -0.2) is 9.59 Å². The summed E-state index contributed by atoms with van der Waals surface area (Å²) in [7, 11) is 0. The molecule has 0 aliphatic rings. The van der Waals surface area contributed by atoms with E-state index in [1.54, 1.807) is 19.1 Å². The minimum atomic E-state index is -0.742. The van der Waals surface area contributed by atoms with Gasteiger partial charge >= 0.3 is 12.1 Å². The summed E-state index contributed by atoms with van der Waals surface area (Å²) in [5.74, 6) is -0.404. The van der Waals surface area contributed by atoms with Crippen LogP contribution >= 0.6 is 0 Å². The Labute approximate surface area is 137 Å². The van der Waals surface area contributed by atoms with E-state index in [0.29, 0.717) is 12.0 Å². The molecule has 5 nitrogen and oxygen atoms in total. The Balaban J connectivity index is 2.56. The van der Waals surface area contributed by atoms with Gasteiger partial charge in [-0.15, -0.1) is 0 Å². The summed E-state index contributed by atoms with van der Waals surface area (Å²) in [6.45, 7) is 6.05. The highest BCUT2D eigenvalue weighted by Gasteiger charge is 2.18. The molecule has 0 heterocycles. The number of benzene rings is 1. The summed E-state index contributed by atoms with van der Waals surface area (Å²) in [5, 5.41) is 0. The highest BCUT2D eigenvalue weighted by atomic mass is 16.7. The Kier molecular flexibility index (Phi) is 8.80. The van der Waals surface area contributed by atoms with Crippen LogP contribution in [0.5, 0.6) is 0 Å². The first-order chi connectivity index (χ1) is 11.1. The molecule has 0 spiro atoms. The summed E-state index contributed by atoms with van der Waals surface area (Å²) < 4.78 is 15.1. The van der Waals surface area contributed by atoms with E-state index in [0.717, 1.165) is 19.3 Å². The second-order valence-corrected chi connectivity index (χ2v) is 5.26. The molecule has 1 atom stereocenters. The van der Waals surface area contributed by atoms with Crippen molar-refractivity contribution in [1.29, 1.82) is 0 Å². The van der Waals surface area contributed by atoms with Crippen LogP contribution in [-0.2, 0) is 20.6 Å². The fourth-order valence-electron chi connectivity index (χ4n) is 2.13. The zero-order valence-corrected chi connectivity index (χ0v) is 14.2. The van der Waals surface area contributed by atoms with E-state index in [4.69, 9.17) is 14.2 Å². The van der Waals surface area contributed by atoms with E-state index in [-0.39, 0.29) is 13.2 Å². The highest BCUT2D eigenvalue weighted by Crippen LogP contribution is 2.11. The summed E-state index contributed by atoms with van der Waals surface area (Å²) in [6.07, 6.45) is 2.29. The minimum absolute atomic E-state index is 0.00628. The average molecular weight is 322 g/mol. The Morgan fingerprint density at radius 3 is 2.26 bits per heavy atom. The molecule has 1 aromatic rings. The van der Waals surface area contributed by atoms with Crippen LogP contribution in [0.25, 0.3) is 0 Å². The number of esters is 1. The maximum atomic E-state index is 12.2. The number of carbonyl (C=O) groups excluding carboxylic acids is 2. The predicted molar refractivity (Wildman–Crippen MR) is 87.5 cm³/mol. The summed E-state index contributed by atoms with van der Waals surface area (Å²) >= 11 is 0. The van der Waals surface area contributed by atoms with Crippen molar-refractivity contribution < 1.29 is 23.8 Å². The standard InChI is InChI=1S/C18H26O5/c1-4-7-14-9-11-15(12-10-14)17(19)23-16(8-5-2)13-22-18(20)21-6-3/h9-12,16H,4-8,13H2,1-3H3. The molecule has 0 saturated carbocycles. The molecular weight excluding hydrogens is 296 g/mol. The first kappa shape index (κ1) is 19.0. The molecule has 0 saturated heterocycles. The van der Waals surface area contributed by atoms with Gasteiger partial charge in [-0.1, -0.05) is 38.8 Å². The van der Waals surface area contributed by atoms with E-state index in [1.165, 1.54) is 5.56 Å². The molecule has 0 radical (unpaired) electrons. The third kappa shape index (κ3) is 7.17. The molecule has 0 aliphatic carbocycles. The predicted octanol–water partition coefficient (Wildman–Crippen LogP) is 4.14. The van der Waals surface area contributed by atoms with Gasteiger partial charge in [0.1, 0.15) is 12.7 Å². The maximum absolute atomic E-state index is 12.2. The number of ether oxygens (including phenoxy) is 3. The lowest BCUT2D eigenvalue weighted by atomic mass is 10.1. The van der Waals surface area contributed by atoms with Crippen molar-refractivity contribution in [1.82, 2.24) is 0 Å². The second kappa shape index (κ2) is 10.6. The number of carbonyl (C=O) groups is 2. The summed E-state index contributed by atoms with van der Waals surface area (Å²) in [6, 6.07) is 7.40. The molecule has 0 bridgehead atoms. The van der Waals surface area contributed by atoms with Gasteiger partial charge in [0, 0.05) is 0 Å². The molecule has 1 unspecified atom stereocenters. The van der Waals surface area contributed by atoms with Crippen LogP contribution in [0, 0.1) is 0 Å². The number of rotatable bonds is 9. The van der Waals surface area contributed by atoms with E-state index in [9.17, 15) is 9.59 Å². The topological polar surface area (TPSA) is 61.8 Å². The highest BCUT2D eigenvalue weighted by molar-refractivity contribution is 5.89. The van der Waals surface area contributed by atoms with E-state index >= 15 is 0 Å². The zero-order valence-electron chi connectivity index (χ0n) is 14.2. The third-order valence-corrected chi connectivity index (χ3v) is 3.26. The molecule has 5 heteroatoms. The third-order valence-electron chi connectivity index (χ3n) is 3.26. The van der Waals surface area contributed by atoms with Gasteiger partial charge in [-0.05, 0) is 37.5 Å². The van der Waals surface area contributed by atoms with Gasteiger partial charge in [-0.2, -0.15) is 0 Å². The number of hydrogen-bond donors (Lipinski definition) is 0. The lowest BCUT2D eigenvalue weighted by molar-refractivity contribution is -0.00817. The lowest BCUT2D eigenvalue weighted by Gasteiger charge is -2.17. The fourth-order valence-corrected chi connectivity index (χ4v) is 2.13. The van der Waals surface area contributed by atoms with Crippen LogP contribution in [-0.4, -0.2) is 31.4 Å². The normalized spacial score (nSPS) is 11.6. The SMILES string of the molecule is CCCc1ccc(C(=O)OC(CCC)COC(=O)OCC)cc1. The van der Waals surface area contributed by atoms with E-state index in [1.807, 2.05) is 19.1 Å². The first-order valence-electron chi connectivity index (χ1n) is 8.20. The van der Waals surface area contributed by atoms with Gasteiger partial charge < -0.3 is 14.2 Å². The van der Waals surface area contributed by atoms with E-state index in [2.05, 4.69) is 6.92 Å². The maximum Gasteiger partial charge on any atom is 0.508 e. The van der Waals surface area contributed by atoms with Crippen molar-refractivity contribution >= 4 is 12.1 Å². The summed E-state index contributed by atoms with van der Waals surface area (Å²) in [5.41, 5.74) is 1.70. The molecule has 0 amide bonds. The van der Waals surface area contributed by atoms with Crippen molar-refractivity contribution in [3.8, 4) is 0 Å². The molecule has 0 aromatic heterocycles. The second-order valence-electron chi connectivity index (χ2n) is 5.26. The Bertz CT molecular complexity index is 481. The van der Waals surface area contributed by atoms with Gasteiger partial charge in [0.2, 0.25) is 0 Å². The zero-order chi connectivity index (χ0) is 17.1. The van der Waals surface area contributed by atoms with Crippen molar-refractivity contribution in [2.24, 2.45) is 0 Å². The van der Waals surface area contributed by atoms with Crippen LogP contribution < -0.4 is 0 Å². The molecule has 0 fully saturated rings. The average Bonchev–Trinajstić information content (AvgIpc) is 2.54. The van der Waals surface area contributed by atoms with Gasteiger partial charge in [0.15, 0.2) is 0 Å². The molecule has 128 valence electrons. The molecule has 0 aliphatic heterocycles. The molecule has 1 rings (SSSR count). The van der Waals surface area contributed by atoms with Crippen LogP contribution in [0.4, 0.5) is 4.79 Å². The Hall–Kier alpha value is -2.04. The molecule has 1 aromatic carbocycles. The first-order valence-corrected chi connectivity index (χ1v) is 8.20. The number of aryl methyl sites for hydroxylation is 1. The lowest BCUT2D eigenvalue weighted by Crippen LogP contribution is -2.25. The van der Waals surface area contributed by atoms with Gasteiger partial charge in [0.25, 0.3) is 0 Å². The van der Waals surface area contributed by atoms with Gasteiger partial charge in [-0.3, -0.25) is 0 Å². The van der Waals surface area contributed by atoms with Crippen LogP contribution in [0.1, 0.15) is 56.0 Å². The summed E-state index contributed by atoms with van der Waals surface area (Å²) in [4.78, 5) is 23.4. The van der Waals surface area contributed by atoms with Crippen LogP contribution in [0.3, 0.4) is 0 Å². The smallest absolute Gasteiger partial charge is 0.455 e. The Morgan fingerprint density at radius 2 is 1.70 bits per heavy atom. The van der Waals surface area contributed by atoms with Crippen molar-refractivity contribution in [3.05, 3.63) is 35.4 Å². The Morgan fingerprint density at radius 1 is 1.00 bits per heavy atom. The quantitative estimate of drug-likeness (QED) is 0.639. The minimum Gasteiger partial charge on any atom is -0.455 e. The van der Waals surface area contributed by atoms with Crippen molar-refractivity contribution in [3.63, 3.8) is 0 Å². The van der Waals surface area contributed by atoms with Crippen molar-refractivity contribution in [2.45, 2.75) is 52.6 Å².